The van der Waals surface area contributed by atoms with E-state index in [4.69, 9.17) is 15.2 Å². The van der Waals surface area contributed by atoms with E-state index in [1.54, 1.807) is 7.11 Å². The molecular formula is C16H26N2O3. The van der Waals surface area contributed by atoms with Gasteiger partial charge in [-0.2, -0.15) is 0 Å². The topological polar surface area (TPSA) is 73.6 Å². The van der Waals surface area contributed by atoms with E-state index >= 15 is 0 Å². The summed E-state index contributed by atoms with van der Waals surface area (Å²) in [6, 6.07) is 5.79. The van der Waals surface area contributed by atoms with Crippen molar-refractivity contribution in [2.45, 2.75) is 45.7 Å². The molecule has 1 rings (SSSR count). The summed E-state index contributed by atoms with van der Waals surface area (Å²) in [5, 5.41) is 2.87. The molecule has 0 fully saturated rings. The fourth-order valence-electron chi connectivity index (χ4n) is 1.95. The quantitative estimate of drug-likeness (QED) is 0.768. The van der Waals surface area contributed by atoms with E-state index in [-0.39, 0.29) is 24.6 Å². The number of amides is 1. The van der Waals surface area contributed by atoms with Crippen molar-refractivity contribution in [3.05, 3.63) is 23.8 Å². The smallest absolute Gasteiger partial charge is 0.258 e. The third-order valence-corrected chi connectivity index (χ3v) is 3.19. The van der Waals surface area contributed by atoms with E-state index in [0.29, 0.717) is 17.9 Å². The van der Waals surface area contributed by atoms with Crippen molar-refractivity contribution in [2.75, 3.05) is 13.7 Å². The molecule has 118 valence electrons. The number of carbonyl (C=O) groups is 1. The Morgan fingerprint density at radius 1 is 1.38 bits per heavy atom. The van der Waals surface area contributed by atoms with Gasteiger partial charge in [-0.25, -0.2) is 0 Å². The second-order valence-electron chi connectivity index (χ2n) is 5.30. The molecule has 1 amide bonds. The largest absolute Gasteiger partial charge is 0.493 e. The zero-order chi connectivity index (χ0) is 15.8. The summed E-state index contributed by atoms with van der Waals surface area (Å²) in [5.74, 6) is 1.07. The van der Waals surface area contributed by atoms with E-state index in [9.17, 15) is 4.79 Å². The maximum absolute atomic E-state index is 11.8. The van der Waals surface area contributed by atoms with Gasteiger partial charge in [-0.3, -0.25) is 4.79 Å². The van der Waals surface area contributed by atoms with Crippen LogP contribution in [0.2, 0.25) is 0 Å². The zero-order valence-corrected chi connectivity index (χ0v) is 13.3. The molecule has 0 heterocycles. The molecule has 0 aliphatic rings. The van der Waals surface area contributed by atoms with Crippen LogP contribution in [0.15, 0.2) is 18.2 Å². The Kier molecular flexibility index (Phi) is 7.02. The van der Waals surface area contributed by atoms with Gasteiger partial charge < -0.3 is 20.5 Å². The lowest BCUT2D eigenvalue weighted by atomic mass is 10.1. The highest BCUT2D eigenvalue weighted by molar-refractivity contribution is 5.78. The van der Waals surface area contributed by atoms with Crippen molar-refractivity contribution in [1.82, 2.24) is 5.32 Å². The number of nitrogens with one attached hydrogen (secondary N) is 1. The summed E-state index contributed by atoms with van der Waals surface area (Å²) < 4.78 is 11.0. The number of benzene rings is 1. The van der Waals surface area contributed by atoms with Crippen LogP contribution in [0.25, 0.3) is 0 Å². The summed E-state index contributed by atoms with van der Waals surface area (Å²) >= 11 is 0. The Hall–Kier alpha value is -1.75. The average molecular weight is 294 g/mol. The van der Waals surface area contributed by atoms with Crippen LogP contribution in [0, 0.1) is 0 Å². The highest BCUT2D eigenvalue weighted by Gasteiger charge is 2.14. The predicted octanol–water partition coefficient (Wildman–Crippen LogP) is 1.88. The summed E-state index contributed by atoms with van der Waals surface area (Å²) in [5.41, 5.74) is 6.79. The number of carbonyl (C=O) groups excluding carboxylic acids is 1. The summed E-state index contributed by atoms with van der Waals surface area (Å²) in [6.45, 7) is 5.88. The first-order valence-electron chi connectivity index (χ1n) is 7.31. The second-order valence-corrected chi connectivity index (χ2v) is 5.30. The molecule has 0 bridgehead atoms. The summed E-state index contributed by atoms with van der Waals surface area (Å²) in [7, 11) is 1.58. The molecule has 1 aromatic carbocycles. The highest BCUT2D eigenvalue weighted by Crippen LogP contribution is 2.31. The Morgan fingerprint density at radius 3 is 2.67 bits per heavy atom. The van der Waals surface area contributed by atoms with Crippen LogP contribution < -0.4 is 20.5 Å². The van der Waals surface area contributed by atoms with Gasteiger partial charge in [0.1, 0.15) is 0 Å². The average Bonchev–Trinajstić information content (AvgIpc) is 2.44. The van der Waals surface area contributed by atoms with Crippen LogP contribution >= 0.6 is 0 Å². The van der Waals surface area contributed by atoms with E-state index < -0.39 is 0 Å². The molecule has 0 aromatic heterocycles. The Labute approximate surface area is 126 Å². The first-order chi connectivity index (χ1) is 9.97. The first kappa shape index (κ1) is 17.3. The normalized spacial score (nSPS) is 13.4. The Bertz CT molecular complexity index is 461. The molecule has 21 heavy (non-hydrogen) atoms. The first-order valence-corrected chi connectivity index (χ1v) is 7.31. The number of nitrogens with two attached hydrogens (primary N) is 1. The molecular weight excluding hydrogens is 268 g/mol. The van der Waals surface area contributed by atoms with E-state index in [1.807, 2.05) is 39.0 Å². The second kappa shape index (κ2) is 8.52. The van der Waals surface area contributed by atoms with Crippen LogP contribution in [-0.2, 0) is 11.2 Å². The van der Waals surface area contributed by atoms with Crippen LogP contribution in [0.3, 0.4) is 0 Å². The van der Waals surface area contributed by atoms with Crippen LogP contribution in [0.4, 0.5) is 0 Å². The highest BCUT2D eigenvalue weighted by atomic mass is 16.5. The molecule has 0 aliphatic carbocycles. The fourth-order valence-corrected chi connectivity index (χ4v) is 1.95. The van der Waals surface area contributed by atoms with Gasteiger partial charge in [-0.15, -0.1) is 0 Å². The zero-order valence-electron chi connectivity index (χ0n) is 13.3. The van der Waals surface area contributed by atoms with Crippen molar-refractivity contribution in [1.29, 1.82) is 0 Å². The fraction of sp³-hybridized carbons (Fsp3) is 0.562. The van der Waals surface area contributed by atoms with E-state index in [2.05, 4.69) is 5.32 Å². The Balaban J connectivity index is 2.78. The SMILES string of the molecule is CCC(C)NC(=O)COc1c(CC(C)N)cccc1OC. The maximum Gasteiger partial charge on any atom is 0.258 e. The molecule has 5 nitrogen and oxygen atoms in total. The number of rotatable bonds is 8. The molecule has 5 heteroatoms. The summed E-state index contributed by atoms with van der Waals surface area (Å²) in [4.78, 5) is 11.8. The number of para-hydroxylation sites is 1. The van der Waals surface area contributed by atoms with Gasteiger partial charge in [0.05, 0.1) is 7.11 Å². The van der Waals surface area contributed by atoms with Crippen molar-refractivity contribution >= 4 is 5.91 Å². The van der Waals surface area contributed by atoms with Gasteiger partial charge in [0.15, 0.2) is 18.1 Å². The lowest BCUT2D eigenvalue weighted by molar-refractivity contribution is -0.123. The lowest BCUT2D eigenvalue weighted by Gasteiger charge is -2.17. The van der Waals surface area contributed by atoms with Gasteiger partial charge in [0.2, 0.25) is 0 Å². The molecule has 0 radical (unpaired) electrons. The maximum atomic E-state index is 11.8. The monoisotopic (exact) mass is 294 g/mol. The molecule has 2 atom stereocenters. The van der Waals surface area contributed by atoms with Gasteiger partial charge in [-0.05, 0) is 38.3 Å². The molecule has 3 N–H and O–H groups in total. The Morgan fingerprint density at radius 2 is 2.10 bits per heavy atom. The van der Waals surface area contributed by atoms with Crippen molar-refractivity contribution in [2.24, 2.45) is 5.73 Å². The molecule has 0 saturated carbocycles. The number of hydrogen-bond donors (Lipinski definition) is 2. The molecule has 0 saturated heterocycles. The standard InChI is InChI=1S/C16H26N2O3/c1-5-12(3)18-15(19)10-21-16-13(9-11(2)17)7-6-8-14(16)20-4/h6-8,11-12H,5,9-10,17H2,1-4H3,(H,18,19). The molecule has 0 spiro atoms. The van der Waals surface area contributed by atoms with Crippen molar-refractivity contribution < 1.29 is 14.3 Å². The predicted molar refractivity (Wildman–Crippen MR) is 83.7 cm³/mol. The van der Waals surface area contributed by atoms with Crippen LogP contribution in [0.1, 0.15) is 32.8 Å². The van der Waals surface area contributed by atoms with E-state index in [1.165, 1.54) is 0 Å². The number of ether oxygens (including phenoxy) is 2. The van der Waals surface area contributed by atoms with Crippen molar-refractivity contribution in [3.8, 4) is 11.5 Å². The van der Waals surface area contributed by atoms with Gasteiger partial charge in [-0.1, -0.05) is 19.1 Å². The van der Waals surface area contributed by atoms with Gasteiger partial charge in [0.25, 0.3) is 5.91 Å². The minimum atomic E-state index is -0.137. The van der Waals surface area contributed by atoms with Crippen LogP contribution in [0.5, 0.6) is 11.5 Å². The van der Waals surface area contributed by atoms with Crippen LogP contribution in [-0.4, -0.2) is 31.7 Å². The number of hydrogen-bond acceptors (Lipinski definition) is 4. The minimum absolute atomic E-state index is 0.00777. The van der Waals surface area contributed by atoms with Gasteiger partial charge >= 0.3 is 0 Å². The molecule has 0 aliphatic heterocycles. The third-order valence-electron chi connectivity index (χ3n) is 3.19. The molecule has 1 aromatic rings. The van der Waals surface area contributed by atoms with Gasteiger partial charge in [0, 0.05) is 12.1 Å². The third kappa shape index (κ3) is 5.63. The lowest BCUT2D eigenvalue weighted by Crippen LogP contribution is -2.35. The molecule has 2 unspecified atom stereocenters. The summed E-state index contributed by atoms with van der Waals surface area (Å²) in [6.07, 6.45) is 1.55. The van der Waals surface area contributed by atoms with E-state index in [0.717, 1.165) is 12.0 Å². The number of methoxy groups -OCH3 is 1. The minimum Gasteiger partial charge on any atom is -0.493 e. The van der Waals surface area contributed by atoms with Crippen molar-refractivity contribution in [3.63, 3.8) is 0 Å².